The third-order valence-electron chi connectivity index (χ3n) is 3.15. The molecule has 0 aliphatic carbocycles. The number of aryl methyl sites for hydroxylation is 2. The summed E-state index contributed by atoms with van der Waals surface area (Å²) in [4.78, 5) is 22.3. The molecule has 1 amide bonds. The van der Waals surface area contributed by atoms with Crippen molar-refractivity contribution in [3.8, 4) is 11.6 Å². The van der Waals surface area contributed by atoms with Crippen LogP contribution in [0.2, 0.25) is 0 Å². The van der Waals surface area contributed by atoms with E-state index in [1.165, 1.54) is 11.3 Å². The van der Waals surface area contributed by atoms with E-state index in [0.717, 1.165) is 21.5 Å². The zero-order chi connectivity index (χ0) is 14.3. The van der Waals surface area contributed by atoms with Crippen molar-refractivity contribution in [1.29, 1.82) is 0 Å². The average molecular weight is 287 g/mol. The maximum atomic E-state index is 11.9. The quantitative estimate of drug-likeness (QED) is 0.787. The first-order valence-corrected chi connectivity index (χ1v) is 6.97. The van der Waals surface area contributed by atoms with Gasteiger partial charge in [0.15, 0.2) is 11.6 Å². The minimum Gasteiger partial charge on any atom is -0.461 e. The minimum atomic E-state index is -0.0931. The van der Waals surface area contributed by atoms with E-state index in [1.807, 2.05) is 19.9 Å². The fourth-order valence-electron chi connectivity index (χ4n) is 2.19. The first-order chi connectivity index (χ1) is 9.61. The average Bonchev–Trinajstić information content (AvgIpc) is 3.06. The molecule has 3 aromatic rings. The Morgan fingerprint density at radius 3 is 2.80 bits per heavy atom. The lowest BCUT2D eigenvalue weighted by Gasteiger charge is -2.01. The van der Waals surface area contributed by atoms with Gasteiger partial charge in [-0.2, -0.15) is 0 Å². The van der Waals surface area contributed by atoms with Gasteiger partial charge in [-0.05, 0) is 31.5 Å². The molecule has 0 spiro atoms. The van der Waals surface area contributed by atoms with E-state index in [9.17, 15) is 4.79 Å². The van der Waals surface area contributed by atoms with E-state index >= 15 is 0 Å². The number of amides is 1. The molecule has 20 heavy (non-hydrogen) atoms. The zero-order valence-corrected chi connectivity index (χ0v) is 12.2. The predicted molar refractivity (Wildman–Crippen MR) is 78.0 cm³/mol. The van der Waals surface area contributed by atoms with Crippen LogP contribution in [0.1, 0.15) is 20.9 Å². The molecule has 0 aliphatic heterocycles. The topological polar surface area (TPSA) is 68.0 Å². The Labute approximate surface area is 119 Å². The summed E-state index contributed by atoms with van der Waals surface area (Å²) in [6.45, 7) is 3.84. The largest absolute Gasteiger partial charge is 0.461 e. The van der Waals surface area contributed by atoms with Crippen LogP contribution in [0.3, 0.4) is 0 Å². The zero-order valence-electron chi connectivity index (χ0n) is 11.4. The Hall–Kier alpha value is -2.21. The highest BCUT2D eigenvalue weighted by molar-refractivity contribution is 7.20. The Kier molecular flexibility index (Phi) is 3.02. The second kappa shape index (κ2) is 4.72. The van der Waals surface area contributed by atoms with Gasteiger partial charge >= 0.3 is 0 Å². The third-order valence-corrected chi connectivity index (χ3v) is 4.33. The Bertz CT molecular complexity index is 790. The number of hydrogen-bond donors (Lipinski definition) is 1. The van der Waals surface area contributed by atoms with Gasteiger partial charge in [-0.15, -0.1) is 11.3 Å². The molecule has 0 saturated carbocycles. The van der Waals surface area contributed by atoms with E-state index in [2.05, 4.69) is 15.3 Å². The number of hydrogen-bond acceptors (Lipinski definition) is 5. The molecule has 0 unspecified atom stereocenters. The van der Waals surface area contributed by atoms with E-state index in [1.54, 1.807) is 19.4 Å². The van der Waals surface area contributed by atoms with Crippen LogP contribution in [-0.2, 0) is 0 Å². The SMILES string of the molecule is CNC(=O)c1sc2nc(-c3ccco3)nc(C)c2c1C. The summed E-state index contributed by atoms with van der Waals surface area (Å²) in [6.07, 6.45) is 1.59. The summed E-state index contributed by atoms with van der Waals surface area (Å²) >= 11 is 1.38. The summed E-state index contributed by atoms with van der Waals surface area (Å²) in [5, 5.41) is 3.60. The molecule has 6 heteroatoms. The fourth-order valence-corrected chi connectivity index (χ4v) is 3.36. The lowest BCUT2D eigenvalue weighted by Crippen LogP contribution is -2.17. The number of nitrogens with one attached hydrogen (secondary N) is 1. The van der Waals surface area contributed by atoms with Crippen LogP contribution in [0.25, 0.3) is 21.8 Å². The standard InChI is InChI=1S/C14H13N3O2S/c1-7-10-8(2)16-12(9-5-4-6-19-9)17-14(10)20-11(7)13(18)15-3/h4-6H,1-3H3,(H,15,18). The third kappa shape index (κ3) is 1.89. The van der Waals surface area contributed by atoms with Gasteiger partial charge in [0.1, 0.15) is 4.83 Å². The molecular formula is C14H13N3O2S. The number of aromatic nitrogens is 2. The van der Waals surface area contributed by atoms with Crippen molar-refractivity contribution < 1.29 is 9.21 Å². The van der Waals surface area contributed by atoms with Crippen molar-refractivity contribution in [2.24, 2.45) is 0 Å². The second-order valence-corrected chi connectivity index (χ2v) is 5.42. The molecule has 3 aromatic heterocycles. The Balaban J connectivity index is 2.25. The van der Waals surface area contributed by atoms with Crippen molar-refractivity contribution in [1.82, 2.24) is 15.3 Å². The van der Waals surface area contributed by atoms with Gasteiger partial charge in [0, 0.05) is 12.4 Å². The molecule has 0 aromatic carbocycles. The lowest BCUT2D eigenvalue weighted by molar-refractivity contribution is 0.0966. The highest BCUT2D eigenvalue weighted by atomic mass is 32.1. The summed E-state index contributed by atoms with van der Waals surface area (Å²) in [5.74, 6) is 1.08. The molecule has 3 heterocycles. The molecule has 0 atom stereocenters. The Morgan fingerprint density at radius 1 is 1.35 bits per heavy atom. The number of rotatable bonds is 2. The molecule has 3 rings (SSSR count). The van der Waals surface area contributed by atoms with E-state index in [-0.39, 0.29) is 5.91 Å². The highest BCUT2D eigenvalue weighted by Crippen LogP contribution is 2.32. The number of fused-ring (bicyclic) bond motifs is 1. The number of carbonyl (C=O) groups excluding carboxylic acids is 1. The van der Waals surface area contributed by atoms with Gasteiger partial charge in [-0.1, -0.05) is 0 Å². The first-order valence-electron chi connectivity index (χ1n) is 6.15. The van der Waals surface area contributed by atoms with Gasteiger partial charge in [-0.25, -0.2) is 9.97 Å². The maximum absolute atomic E-state index is 11.9. The minimum absolute atomic E-state index is 0.0931. The van der Waals surface area contributed by atoms with Gasteiger partial charge in [0.2, 0.25) is 0 Å². The molecule has 0 radical (unpaired) electrons. The van der Waals surface area contributed by atoms with Crippen LogP contribution in [0.15, 0.2) is 22.8 Å². The predicted octanol–water partition coefficient (Wildman–Crippen LogP) is 2.93. The molecule has 5 nitrogen and oxygen atoms in total. The van der Waals surface area contributed by atoms with Crippen LogP contribution in [0.5, 0.6) is 0 Å². The number of thiophene rings is 1. The molecule has 102 valence electrons. The van der Waals surface area contributed by atoms with Gasteiger partial charge in [0.05, 0.1) is 16.8 Å². The van der Waals surface area contributed by atoms with E-state index in [4.69, 9.17) is 4.42 Å². The normalized spacial score (nSPS) is 10.9. The van der Waals surface area contributed by atoms with Crippen molar-refractivity contribution in [3.05, 3.63) is 34.5 Å². The first kappa shape index (κ1) is 12.8. The molecule has 0 bridgehead atoms. The molecule has 1 N–H and O–H groups in total. The van der Waals surface area contributed by atoms with Crippen molar-refractivity contribution in [2.45, 2.75) is 13.8 Å². The monoisotopic (exact) mass is 287 g/mol. The number of nitrogens with zero attached hydrogens (tertiary/aromatic N) is 2. The van der Waals surface area contributed by atoms with Crippen LogP contribution in [0, 0.1) is 13.8 Å². The lowest BCUT2D eigenvalue weighted by atomic mass is 10.1. The summed E-state index contributed by atoms with van der Waals surface area (Å²) in [7, 11) is 1.62. The van der Waals surface area contributed by atoms with Gasteiger partial charge in [0.25, 0.3) is 5.91 Å². The molecular weight excluding hydrogens is 274 g/mol. The van der Waals surface area contributed by atoms with Gasteiger partial charge in [-0.3, -0.25) is 4.79 Å². The van der Waals surface area contributed by atoms with E-state index < -0.39 is 0 Å². The van der Waals surface area contributed by atoms with Crippen molar-refractivity contribution >= 4 is 27.5 Å². The summed E-state index contributed by atoms with van der Waals surface area (Å²) < 4.78 is 5.33. The highest BCUT2D eigenvalue weighted by Gasteiger charge is 2.19. The van der Waals surface area contributed by atoms with Crippen LogP contribution >= 0.6 is 11.3 Å². The maximum Gasteiger partial charge on any atom is 0.261 e. The molecule has 0 saturated heterocycles. The number of furan rings is 1. The second-order valence-electron chi connectivity index (χ2n) is 4.43. The van der Waals surface area contributed by atoms with E-state index in [0.29, 0.717) is 16.5 Å². The Morgan fingerprint density at radius 2 is 2.15 bits per heavy atom. The fraction of sp³-hybridized carbons (Fsp3) is 0.214. The smallest absolute Gasteiger partial charge is 0.261 e. The van der Waals surface area contributed by atoms with Gasteiger partial charge < -0.3 is 9.73 Å². The van der Waals surface area contributed by atoms with Crippen LogP contribution < -0.4 is 5.32 Å². The van der Waals surface area contributed by atoms with Crippen LogP contribution in [0.4, 0.5) is 0 Å². The van der Waals surface area contributed by atoms with Crippen molar-refractivity contribution in [2.75, 3.05) is 7.05 Å². The summed E-state index contributed by atoms with van der Waals surface area (Å²) in [6, 6.07) is 3.62. The molecule has 0 aliphatic rings. The number of carbonyl (C=O) groups is 1. The van der Waals surface area contributed by atoms with Crippen molar-refractivity contribution in [3.63, 3.8) is 0 Å². The van der Waals surface area contributed by atoms with Crippen LogP contribution in [-0.4, -0.2) is 22.9 Å². The molecule has 0 fully saturated rings. The summed E-state index contributed by atoms with van der Waals surface area (Å²) in [5.41, 5.74) is 1.78.